The first-order chi connectivity index (χ1) is 12.0. The van der Waals surface area contributed by atoms with Crippen LogP contribution in [0.15, 0.2) is 30.5 Å². The van der Waals surface area contributed by atoms with Crippen LogP contribution in [0, 0.1) is 9.49 Å². The maximum absolute atomic E-state index is 12.5. The zero-order valence-electron chi connectivity index (χ0n) is 14.4. The molecule has 1 saturated heterocycles. The molecule has 5 nitrogen and oxygen atoms in total. The summed E-state index contributed by atoms with van der Waals surface area (Å²) < 4.78 is 12.2. The Labute approximate surface area is 167 Å². The van der Waals surface area contributed by atoms with Gasteiger partial charge in [0.1, 0.15) is 11.7 Å². The molecule has 0 spiro atoms. The van der Waals surface area contributed by atoms with Gasteiger partial charge >= 0.3 is 5.97 Å². The van der Waals surface area contributed by atoms with E-state index in [1.165, 1.54) is 0 Å². The molecule has 2 rings (SSSR count). The Morgan fingerprint density at radius 3 is 2.84 bits per heavy atom. The lowest BCUT2D eigenvalue weighted by molar-refractivity contribution is -0.147. The van der Waals surface area contributed by atoms with Gasteiger partial charge in [-0.3, -0.25) is 4.79 Å². The number of nitrogens with one attached hydrogen (secondary N) is 2. The molecule has 1 aromatic carbocycles. The molecule has 1 aromatic rings. The fraction of sp³-hybridized carbons (Fsp3) is 0.444. The number of carbonyl (C=O) groups excluding carboxylic acids is 1. The van der Waals surface area contributed by atoms with Crippen molar-refractivity contribution in [1.82, 2.24) is 10.6 Å². The van der Waals surface area contributed by atoms with Gasteiger partial charge in [0.25, 0.3) is 0 Å². The Hall–Kier alpha value is -1.35. The van der Waals surface area contributed by atoms with Crippen molar-refractivity contribution in [3.63, 3.8) is 0 Å². The summed E-state index contributed by atoms with van der Waals surface area (Å²) in [4.78, 5) is 12.5. The second-order valence-corrected chi connectivity index (χ2v) is 7.37. The molecule has 0 saturated carbocycles. The van der Waals surface area contributed by atoms with E-state index in [2.05, 4.69) is 46.7 Å². The predicted molar refractivity (Wildman–Crippen MR) is 110 cm³/mol. The standard InChI is InChI=1S/C18H23IN2O3S/c1-4-6-9-24-14-8-7-12(19)10-13(14)16-15(17(22)23-5-2)11(3)20-18(25)21-16/h7-8,10,15-16H,3-6,9H2,1-2H3,(H2,20,21,25)/t15-,16+/m0/s1. The molecule has 1 fully saturated rings. The average molecular weight is 474 g/mol. The van der Waals surface area contributed by atoms with E-state index in [-0.39, 0.29) is 12.0 Å². The van der Waals surface area contributed by atoms with Gasteiger partial charge in [-0.25, -0.2) is 0 Å². The lowest BCUT2D eigenvalue weighted by Crippen LogP contribution is -2.51. The SMILES string of the molecule is C=C1NC(=S)N[C@H](c2cc(I)ccc2OCCCC)[C@H]1C(=O)OCC. The normalized spacial score (nSPS) is 19.8. The highest BCUT2D eigenvalue weighted by Gasteiger charge is 2.39. The number of rotatable bonds is 7. The van der Waals surface area contributed by atoms with Crippen molar-refractivity contribution in [2.75, 3.05) is 13.2 Å². The zero-order valence-corrected chi connectivity index (χ0v) is 17.4. The number of halogens is 1. The van der Waals surface area contributed by atoms with Gasteiger partial charge in [0.15, 0.2) is 5.11 Å². The molecule has 1 heterocycles. The van der Waals surface area contributed by atoms with Crippen LogP contribution in [0.5, 0.6) is 5.75 Å². The number of ether oxygens (including phenoxy) is 2. The molecule has 1 aliphatic rings. The first-order valence-corrected chi connectivity index (χ1v) is 9.81. The summed E-state index contributed by atoms with van der Waals surface area (Å²) >= 11 is 7.51. The molecule has 0 aliphatic carbocycles. The summed E-state index contributed by atoms with van der Waals surface area (Å²) in [7, 11) is 0. The number of thiocarbonyl (C=S) groups is 1. The third-order valence-corrected chi connectivity index (χ3v) is 4.76. The first kappa shape index (κ1) is 20.0. The second-order valence-electron chi connectivity index (χ2n) is 5.72. The number of esters is 1. The van der Waals surface area contributed by atoms with E-state index in [0.29, 0.717) is 24.0 Å². The fourth-order valence-corrected chi connectivity index (χ4v) is 3.45. The molecule has 0 amide bonds. The van der Waals surface area contributed by atoms with E-state index in [0.717, 1.165) is 27.7 Å². The molecule has 25 heavy (non-hydrogen) atoms. The molecular weight excluding hydrogens is 451 g/mol. The summed E-state index contributed by atoms with van der Waals surface area (Å²) in [6.45, 7) is 8.81. The van der Waals surface area contributed by atoms with Crippen LogP contribution in [0.1, 0.15) is 38.3 Å². The summed E-state index contributed by atoms with van der Waals surface area (Å²) in [5, 5.41) is 6.56. The quantitative estimate of drug-likeness (QED) is 0.272. The van der Waals surface area contributed by atoms with E-state index < -0.39 is 5.92 Å². The van der Waals surface area contributed by atoms with Gasteiger partial charge in [-0.2, -0.15) is 0 Å². The van der Waals surface area contributed by atoms with Crippen LogP contribution in [-0.2, 0) is 9.53 Å². The Kier molecular flexibility index (Phi) is 7.49. The van der Waals surface area contributed by atoms with Crippen LogP contribution in [0.25, 0.3) is 0 Å². The highest BCUT2D eigenvalue weighted by molar-refractivity contribution is 14.1. The van der Waals surface area contributed by atoms with Crippen molar-refractivity contribution in [1.29, 1.82) is 0 Å². The van der Waals surface area contributed by atoms with Crippen molar-refractivity contribution in [2.24, 2.45) is 5.92 Å². The third-order valence-electron chi connectivity index (χ3n) is 3.87. The molecule has 0 aromatic heterocycles. The summed E-state index contributed by atoms with van der Waals surface area (Å²) in [6.07, 6.45) is 2.02. The van der Waals surface area contributed by atoms with E-state index >= 15 is 0 Å². The molecule has 2 atom stereocenters. The van der Waals surface area contributed by atoms with Crippen molar-refractivity contribution in [2.45, 2.75) is 32.7 Å². The van der Waals surface area contributed by atoms with Crippen LogP contribution in [0.2, 0.25) is 0 Å². The zero-order chi connectivity index (χ0) is 18.4. The topological polar surface area (TPSA) is 59.6 Å². The third kappa shape index (κ3) is 5.07. The molecule has 2 N–H and O–H groups in total. The van der Waals surface area contributed by atoms with Crippen LogP contribution >= 0.6 is 34.8 Å². The molecular formula is C18H23IN2O3S. The predicted octanol–water partition coefficient (Wildman–Crippen LogP) is 3.68. The highest BCUT2D eigenvalue weighted by Crippen LogP contribution is 2.36. The smallest absolute Gasteiger partial charge is 0.317 e. The monoisotopic (exact) mass is 474 g/mol. The van der Waals surface area contributed by atoms with E-state index in [9.17, 15) is 4.79 Å². The Morgan fingerprint density at radius 1 is 1.40 bits per heavy atom. The van der Waals surface area contributed by atoms with Gasteiger partial charge in [0, 0.05) is 14.8 Å². The van der Waals surface area contributed by atoms with Crippen molar-refractivity contribution in [3.8, 4) is 5.75 Å². The fourth-order valence-electron chi connectivity index (χ4n) is 2.67. The minimum atomic E-state index is -0.585. The second kappa shape index (κ2) is 9.38. The lowest BCUT2D eigenvalue weighted by Gasteiger charge is -2.35. The molecule has 136 valence electrons. The van der Waals surface area contributed by atoms with Gasteiger partial charge in [-0.15, -0.1) is 0 Å². The molecule has 0 bridgehead atoms. The molecule has 7 heteroatoms. The minimum Gasteiger partial charge on any atom is -0.493 e. The van der Waals surface area contributed by atoms with E-state index in [4.69, 9.17) is 21.7 Å². The van der Waals surface area contributed by atoms with Crippen LogP contribution in [0.4, 0.5) is 0 Å². The average Bonchev–Trinajstić information content (AvgIpc) is 2.55. The van der Waals surface area contributed by atoms with Gasteiger partial charge in [0.2, 0.25) is 0 Å². The molecule has 0 unspecified atom stereocenters. The summed E-state index contributed by atoms with van der Waals surface area (Å²) in [5.74, 6) is -0.171. The number of carbonyl (C=O) groups is 1. The first-order valence-electron chi connectivity index (χ1n) is 8.33. The van der Waals surface area contributed by atoms with Gasteiger partial charge in [-0.05, 0) is 66.4 Å². The Morgan fingerprint density at radius 2 is 2.16 bits per heavy atom. The van der Waals surface area contributed by atoms with Gasteiger partial charge in [0.05, 0.1) is 19.3 Å². The van der Waals surface area contributed by atoms with Crippen molar-refractivity contribution < 1.29 is 14.3 Å². The minimum absolute atomic E-state index is 0.311. The largest absolute Gasteiger partial charge is 0.493 e. The Bertz CT molecular complexity index is 666. The number of benzene rings is 1. The number of hydrogen-bond donors (Lipinski definition) is 2. The van der Waals surface area contributed by atoms with Crippen LogP contribution in [-0.4, -0.2) is 24.3 Å². The van der Waals surface area contributed by atoms with E-state index in [1.807, 2.05) is 18.2 Å². The van der Waals surface area contributed by atoms with Crippen LogP contribution in [0.3, 0.4) is 0 Å². The van der Waals surface area contributed by atoms with Gasteiger partial charge < -0.3 is 20.1 Å². The summed E-state index contributed by atoms with van der Waals surface area (Å²) in [6, 6.07) is 5.54. The van der Waals surface area contributed by atoms with Crippen molar-refractivity contribution in [3.05, 3.63) is 39.6 Å². The summed E-state index contributed by atoms with van der Waals surface area (Å²) in [5.41, 5.74) is 1.41. The van der Waals surface area contributed by atoms with Gasteiger partial charge in [-0.1, -0.05) is 19.9 Å². The molecule has 0 radical (unpaired) electrons. The van der Waals surface area contributed by atoms with Crippen LogP contribution < -0.4 is 15.4 Å². The van der Waals surface area contributed by atoms with Crippen molar-refractivity contribution >= 4 is 45.9 Å². The van der Waals surface area contributed by atoms with E-state index in [1.54, 1.807) is 6.92 Å². The lowest BCUT2D eigenvalue weighted by atomic mass is 9.88. The highest BCUT2D eigenvalue weighted by atomic mass is 127. The maximum atomic E-state index is 12.5. The number of unbranched alkanes of at least 4 members (excludes halogenated alkanes) is 1. The number of hydrogen-bond acceptors (Lipinski definition) is 4. The Balaban J connectivity index is 2.40. The maximum Gasteiger partial charge on any atom is 0.317 e. The molecule has 1 aliphatic heterocycles.